The largest absolute Gasteiger partial charge is 0.497 e. The summed E-state index contributed by atoms with van der Waals surface area (Å²) in [6.07, 6.45) is 1.32. The van der Waals surface area contributed by atoms with E-state index in [1.807, 2.05) is 6.07 Å². The van der Waals surface area contributed by atoms with Crippen LogP contribution in [0.5, 0.6) is 11.5 Å². The van der Waals surface area contributed by atoms with Gasteiger partial charge in [0.05, 0.1) is 17.0 Å². The minimum Gasteiger partial charge on any atom is -0.497 e. The zero-order valence-electron chi connectivity index (χ0n) is 18.3. The Bertz CT molecular complexity index is 1340. The molecule has 0 fully saturated rings. The Kier molecular flexibility index (Phi) is 7.71. The first-order valence-corrected chi connectivity index (χ1v) is 10.0. The Balaban J connectivity index is 1.84. The van der Waals surface area contributed by atoms with Crippen LogP contribution in [0.4, 0.5) is 17.1 Å². The highest BCUT2D eigenvalue weighted by molar-refractivity contribution is 6.10. The first-order chi connectivity index (χ1) is 16.8. The topological polar surface area (TPSA) is 158 Å². The van der Waals surface area contributed by atoms with Crippen LogP contribution in [0.1, 0.15) is 11.1 Å². The number of amides is 1. The number of nitrogens with zero attached hydrogens (tertiary/aromatic N) is 3. The zero-order valence-corrected chi connectivity index (χ0v) is 18.3. The van der Waals surface area contributed by atoms with Crippen LogP contribution in [-0.4, -0.2) is 22.9 Å². The number of hydrogen-bond acceptors (Lipinski definition) is 8. The van der Waals surface area contributed by atoms with Gasteiger partial charge in [-0.2, -0.15) is 5.26 Å². The predicted molar refractivity (Wildman–Crippen MR) is 126 cm³/mol. The summed E-state index contributed by atoms with van der Waals surface area (Å²) in [5.41, 5.74) is 0.710. The molecule has 0 aromatic heterocycles. The van der Waals surface area contributed by atoms with Crippen molar-refractivity contribution in [1.82, 2.24) is 0 Å². The van der Waals surface area contributed by atoms with Crippen LogP contribution in [0, 0.1) is 31.6 Å². The average molecular weight is 474 g/mol. The molecule has 35 heavy (non-hydrogen) atoms. The molecule has 0 aliphatic carbocycles. The third kappa shape index (κ3) is 6.39. The molecule has 0 bridgehead atoms. The van der Waals surface area contributed by atoms with E-state index in [2.05, 4.69) is 5.32 Å². The molecule has 0 atom stereocenters. The molecule has 3 aromatic carbocycles. The summed E-state index contributed by atoms with van der Waals surface area (Å²) in [5.74, 6) is 0.0177. The lowest BCUT2D eigenvalue weighted by Crippen LogP contribution is -2.13. The number of benzene rings is 3. The van der Waals surface area contributed by atoms with Crippen molar-refractivity contribution < 1.29 is 24.1 Å². The molecule has 0 unspecified atom stereocenters. The van der Waals surface area contributed by atoms with E-state index in [-0.39, 0.29) is 29.2 Å². The number of carbonyl (C=O) groups excluding carboxylic acids is 1. The Morgan fingerprint density at radius 3 is 2.37 bits per heavy atom. The molecule has 11 heteroatoms. The maximum atomic E-state index is 12.6. The van der Waals surface area contributed by atoms with E-state index in [1.54, 1.807) is 30.3 Å². The van der Waals surface area contributed by atoms with Gasteiger partial charge in [-0.15, -0.1) is 0 Å². The molecule has 0 saturated heterocycles. The molecular formula is C24H18N4O7. The van der Waals surface area contributed by atoms with Crippen molar-refractivity contribution in [3.63, 3.8) is 0 Å². The number of hydrogen-bond donors (Lipinski definition) is 1. The number of nitro groups is 2. The van der Waals surface area contributed by atoms with Gasteiger partial charge in [-0.05, 0) is 42.0 Å². The average Bonchev–Trinajstić information content (AvgIpc) is 2.86. The number of nitriles is 1. The van der Waals surface area contributed by atoms with Gasteiger partial charge in [-0.25, -0.2) is 0 Å². The fourth-order valence-electron chi connectivity index (χ4n) is 2.96. The molecule has 0 heterocycles. The predicted octanol–water partition coefficient (Wildman–Crippen LogP) is 4.64. The van der Waals surface area contributed by atoms with Gasteiger partial charge in [-0.3, -0.25) is 25.0 Å². The van der Waals surface area contributed by atoms with Gasteiger partial charge >= 0.3 is 0 Å². The molecule has 11 nitrogen and oxygen atoms in total. The first kappa shape index (κ1) is 24.4. The number of methoxy groups -OCH3 is 1. The number of nitrogens with one attached hydrogen (secondary N) is 1. The number of nitro benzene ring substituents is 2. The summed E-state index contributed by atoms with van der Waals surface area (Å²) >= 11 is 0. The summed E-state index contributed by atoms with van der Waals surface area (Å²) in [6, 6.07) is 17.8. The summed E-state index contributed by atoms with van der Waals surface area (Å²) < 4.78 is 11.1. The molecule has 0 aliphatic heterocycles. The summed E-state index contributed by atoms with van der Waals surface area (Å²) in [4.78, 5) is 33.3. The van der Waals surface area contributed by atoms with Crippen LogP contribution in [0.25, 0.3) is 6.08 Å². The maximum absolute atomic E-state index is 12.6. The van der Waals surface area contributed by atoms with Gasteiger partial charge in [-0.1, -0.05) is 6.07 Å². The number of rotatable bonds is 9. The molecule has 176 valence electrons. The lowest BCUT2D eigenvalue weighted by molar-refractivity contribution is -0.385. The van der Waals surface area contributed by atoms with Crippen LogP contribution in [-0.2, 0) is 11.4 Å². The molecule has 0 saturated carbocycles. The zero-order chi connectivity index (χ0) is 25.4. The van der Waals surface area contributed by atoms with Crippen LogP contribution in [0.3, 0.4) is 0 Å². The van der Waals surface area contributed by atoms with E-state index in [1.165, 1.54) is 49.6 Å². The van der Waals surface area contributed by atoms with E-state index < -0.39 is 15.8 Å². The monoisotopic (exact) mass is 474 g/mol. The number of anilines is 1. The molecule has 3 rings (SSSR count). The van der Waals surface area contributed by atoms with Crippen LogP contribution < -0.4 is 14.8 Å². The minimum absolute atomic E-state index is 0.0489. The van der Waals surface area contributed by atoms with Gasteiger partial charge in [0, 0.05) is 41.6 Å². The normalized spacial score (nSPS) is 10.7. The second-order valence-electron chi connectivity index (χ2n) is 7.05. The van der Waals surface area contributed by atoms with Crippen molar-refractivity contribution in [1.29, 1.82) is 5.26 Å². The fraction of sp³-hybridized carbons (Fsp3) is 0.0833. The molecule has 0 radical (unpaired) electrons. The summed E-state index contributed by atoms with van der Waals surface area (Å²) in [6.45, 7) is 0.0633. The van der Waals surface area contributed by atoms with E-state index in [4.69, 9.17) is 9.47 Å². The van der Waals surface area contributed by atoms with Crippen molar-refractivity contribution in [2.75, 3.05) is 12.4 Å². The maximum Gasteiger partial charge on any atom is 0.271 e. The lowest BCUT2D eigenvalue weighted by Gasteiger charge is -2.12. The highest BCUT2D eigenvalue weighted by Gasteiger charge is 2.14. The van der Waals surface area contributed by atoms with Crippen LogP contribution in [0.15, 0.2) is 72.3 Å². The molecular weight excluding hydrogens is 456 g/mol. The van der Waals surface area contributed by atoms with Crippen molar-refractivity contribution in [3.8, 4) is 17.6 Å². The quantitative estimate of drug-likeness (QED) is 0.203. The van der Waals surface area contributed by atoms with E-state index in [9.17, 15) is 30.3 Å². The van der Waals surface area contributed by atoms with E-state index >= 15 is 0 Å². The molecule has 3 aromatic rings. The SMILES string of the molecule is COc1ccc(/C=C(\C#N)C(=O)Nc2cccc([N+](=O)[O-])c2)c(OCc2ccc([N+](=O)[O-])cc2)c1. The fourth-order valence-corrected chi connectivity index (χ4v) is 2.96. The second kappa shape index (κ2) is 11.1. The molecule has 0 aliphatic rings. The second-order valence-corrected chi connectivity index (χ2v) is 7.05. The van der Waals surface area contributed by atoms with Crippen molar-refractivity contribution >= 4 is 29.0 Å². The Hall–Kier alpha value is -5.24. The molecule has 1 amide bonds. The number of non-ortho nitro benzene ring substituents is 2. The number of ether oxygens (including phenoxy) is 2. The minimum atomic E-state index is -0.759. The van der Waals surface area contributed by atoms with Crippen molar-refractivity contribution in [2.45, 2.75) is 6.61 Å². The third-order valence-corrected chi connectivity index (χ3v) is 4.74. The first-order valence-electron chi connectivity index (χ1n) is 10.0. The van der Waals surface area contributed by atoms with Crippen molar-refractivity contribution in [3.05, 3.63) is 104 Å². The lowest BCUT2D eigenvalue weighted by atomic mass is 10.1. The molecule has 0 spiro atoms. The smallest absolute Gasteiger partial charge is 0.271 e. The van der Waals surface area contributed by atoms with Gasteiger partial charge in [0.1, 0.15) is 29.7 Å². The van der Waals surface area contributed by atoms with E-state index in [0.717, 1.165) is 0 Å². The Morgan fingerprint density at radius 2 is 1.74 bits per heavy atom. The highest BCUT2D eigenvalue weighted by Crippen LogP contribution is 2.28. The Morgan fingerprint density at radius 1 is 1.03 bits per heavy atom. The summed E-state index contributed by atoms with van der Waals surface area (Å²) in [7, 11) is 1.47. The molecule has 1 N–H and O–H groups in total. The van der Waals surface area contributed by atoms with Crippen LogP contribution in [0.2, 0.25) is 0 Å². The van der Waals surface area contributed by atoms with Gasteiger partial charge in [0.25, 0.3) is 17.3 Å². The van der Waals surface area contributed by atoms with Gasteiger partial charge in [0.2, 0.25) is 0 Å². The van der Waals surface area contributed by atoms with Gasteiger partial charge in [0.15, 0.2) is 0 Å². The Labute approximate surface area is 199 Å². The number of carbonyl (C=O) groups is 1. The van der Waals surface area contributed by atoms with Crippen molar-refractivity contribution in [2.24, 2.45) is 0 Å². The van der Waals surface area contributed by atoms with Gasteiger partial charge < -0.3 is 14.8 Å². The highest BCUT2D eigenvalue weighted by atomic mass is 16.6. The van der Waals surface area contributed by atoms with E-state index in [0.29, 0.717) is 22.6 Å². The summed E-state index contributed by atoms with van der Waals surface area (Å²) in [5, 5.41) is 33.8. The van der Waals surface area contributed by atoms with Crippen LogP contribution >= 0.6 is 0 Å². The standard InChI is InChI=1S/C24H18N4O7/c1-34-22-10-7-17(23(13-22)35-15-16-5-8-20(9-6-16)27(30)31)11-18(14-25)24(29)26-19-3-2-4-21(12-19)28(32)33/h2-13H,15H2,1H3,(H,26,29)/b18-11+. The third-order valence-electron chi connectivity index (χ3n) is 4.74.